The Morgan fingerprint density at radius 3 is 2.45 bits per heavy atom. The van der Waals surface area contributed by atoms with E-state index in [9.17, 15) is 14.4 Å². The molecule has 3 amide bonds. The van der Waals surface area contributed by atoms with E-state index in [4.69, 9.17) is 28.6 Å². The summed E-state index contributed by atoms with van der Waals surface area (Å²) in [5.74, 6) is -0.210. The highest BCUT2D eigenvalue weighted by molar-refractivity contribution is 7.80. The van der Waals surface area contributed by atoms with Gasteiger partial charge in [0.2, 0.25) is 5.91 Å². The van der Waals surface area contributed by atoms with E-state index >= 15 is 0 Å². The molecule has 1 heterocycles. The Morgan fingerprint density at radius 2 is 1.79 bits per heavy atom. The molecule has 170 valence electrons. The SMILES string of the molecule is COc1ccc2c(Cl)c(C(=O)NC(=S)NNC(=O)c3ccc(NC(=O)C4CC4)cc3)sc2c1. The summed E-state index contributed by atoms with van der Waals surface area (Å²) in [6.07, 6.45) is 1.83. The summed E-state index contributed by atoms with van der Waals surface area (Å²) >= 11 is 12.7. The zero-order valence-electron chi connectivity index (χ0n) is 17.4. The first-order valence-electron chi connectivity index (χ1n) is 9.94. The number of carbonyl (C=O) groups excluding carboxylic acids is 3. The van der Waals surface area contributed by atoms with Crippen LogP contribution in [0.2, 0.25) is 5.02 Å². The lowest BCUT2D eigenvalue weighted by atomic mass is 10.2. The molecule has 11 heteroatoms. The van der Waals surface area contributed by atoms with Crippen LogP contribution in [0.25, 0.3) is 10.1 Å². The molecule has 0 unspecified atom stereocenters. The highest BCUT2D eigenvalue weighted by Gasteiger charge is 2.29. The van der Waals surface area contributed by atoms with Crippen molar-refractivity contribution in [2.24, 2.45) is 5.92 Å². The maximum Gasteiger partial charge on any atom is 0.269 e. The molecule has 1 saturated carbocycles. The number of hydrogen-bond donors (Lipinski definition) is 4. The van der Waals surface area contributed by atoms with Crippen molar-refractivity contribution in [3.05, 3.63) is 57.9 Å². The van der Waals surface area contributed by atoms with Gasteiger partial charge in [0.15, 0.2) is 5.11 Å². The van der Waals surface area contributed by atoms with E-state index in [0.717, 1.165) is 22.9 Å². The fraction of sp³-hybridized carbons (Fsp3) is 0.182. The van der Waals surface area contributed by atoms with E-state index in [2.05, 4.69) is 21.5 Å². The number of hydrazine groups is 1. The number of anilines is 1. The molecule has 0 saturated heterocycles. The minimum atomic E-state index is -0.498. The lowest BCUT2D eigenvalue weighted by Crippen LogP contribution is -2.48. The van der Waals surface area contributed by atoms with Gasteiger partial charge in [0, 0.05) is 27.3 Å². The van der Waals surface area contributed by atoms with Gasteiger partial charge in [-0.15, -0.1) is 11.3 Å². The van der Waals surface area contributed by atoms with Crippen LogP contribution in [0.4, 0.5) is 5.69 Å². The molecule has 1 aliphatic rings. The summed E-state index contributed by atoms with van der Waals surface area (Å²) in [7, 11) is 1.56. The third-order valence-electron chi connectivity index (χ3n) is 4.92. The first-order valence-corrected chi connectivity index (χ1v) is 11.5. The average molecular weight is 503 g/mol. The summed E-state index contributed by atoms with van der Waals surface area (Å²) in [6.45, 7) is 0. The van der Waals surface area contributed by atoms with Crippen LogP contribution in [0.5, 0.6) is 5.75 Å². The van der Waals surface area contributed by atoms with Crippen molar-refractivity contribution in [2.45, 2.75) is 12.8 Å². The van der Waals surface area contributed by atoms with Gasteiger partial charge in [-0.2, -0.15) is 0 Å². The van der Waals surface area contributed by atoms with E-state index < -0.39 is 11.8 Å². The van der Waals surface area contributed by atoms with Gasteiger partial charge in [0.05, 0.1) is 12.1 Å². The average Bonchev–Trinajstić information content (AvgIpc) is 3.61. The smallest absolute Gasteiger partial charge is 0.269 e. The molecule has 8 nitrogen and oxygen atoms in total. The second-order valence-corrected chi connectivity index (χ2v) is 9.15. The van der Waals surface area contributed by atoms with Crippen molar-refractivity contribution in [2.75, 3.05) is 12.4 Å². The molecule has 2 aromatic carbocycles. The van der Waals surface area contributed by atoms with E-state index in [0.29, 0.717) is 26.9 Å². The Balaban J connectivity index is 1.31. The molecular formula is C22H19ClN4O4S2. The van der Waals surface area contributed by atoms with Crippen molar-refractivity contribution in [1.29, 1.82) is 0 Å². The molecule has 1 fully saturated rings. The van der Waals surface area contributed by atoms with Crippen LogP contribution in [-0.2, 0) is 4.79 Å². The van der Waals surface area contributed by atoms with Gasteiger partial charge >= 0.3 is 0 Å². The molecule has 1 aromatic heterocycles. The van der Waals surface area contributed by atoms with E-state index in [1.165, 1.54) is 11.3 Å². The van der Waals surface area contributed by atoms with Crippen molar-refractivity contribution in [1.82, 2.24) is 16.2 Å². The molecule has 0 bridgehead atoms. The molecule has 4 rings (SSSR count). The van der Waals surface area contributed by atoms with Crippen LogP contribution in [-0.4, -0.2) is 29.9 Å². The minimum Gasteiger partial charge on any atom is -0.497 e. The maximum absolute atomic E-state index is 12.6. The quantitative estimate of drug-likeness (QED) is 0.311. The number of fused-ring (bicyclic) bond motifs is 1. The van der Waals surface area contributed by atoms with Crippen LogP contribution < -0.4 is 26.2 Å². The van der Waals surface area contributed by atoms with Crippen molar-refractivity contribution in [3.63, 3.8) is 0 Å². The maximum atomic E-state index is 12.6. The number of benzene rings is 2. The van der Waals surface area contributed by atoms with Gasteiger partial charge in [0.25, 0.3) is 11.8 Å². The predicted octanol–water partition coefficient (Wildman–Crippen LogP) is 3.86. The Hall–Kier alpha value is -3.21. The Morgan fingerprint density at radius 1 is 1.06 bits per heavy atom. The fourth-order valence-electron chi connectivity index (χ4n) is 2.99. The topological polar surface area (TPSA) is 109 Å². The molecule has 0 radical (unpaired) electrons. The molecular weight excluding hydrogens is 484 g/mol. The molecule has 0 atom stereocenters. The van der Waals surface area contributed by atoms with Crippen LogP contribution in [0, 0.1) is 5.92 Å². The van der Waals surface area contributed by atoms with Gasteiger partial charge in [-0.1, -0.05) is 11.6 Å². The number of halogens is 1. The van der Waals surface area contributed by atoms with Crippen molar-refractivity contribution < 1.29 is 19.1 Å². The Labute approximate surface area is 203 Å². The first-order chi connectivity index (χ1) is 15.9. The molecule has 33 heavy (non-hydrogen) atoms. The van der Waals surface area contributed by atoms with Gasteiger partial charge in [0.1, 0.15) is 10.6 Å². The number of ether oxygens (including phenoxy) is 1. The lowest BCUT2D eigenvalue weighted by Gasteiger charge is -2.11. The zero-order valence-corrected chi connectivity index (χ0v) is 19.7. The zero-order chi connectivity index (χ0) is 23.5. The van der Waals surface area contributed by atoms with Crippen LogP contribution in [0.3, 0.4) is 0 Å². The summed E-state index contributed by atoms with van der Waals surface area (Å²) in [5, 5.41) is 6.26. The largest absolute Gasteiger partial charge is 0.497 e. The highest BCUT2D eigenvalue weighted by Crippen LogP contribution is 2.37. The van der Waals surface area contributed by atoms with Crippen LogP contribution in [0.15, 0.2) is 42.5 Å². The number of methoxy groups -OCH3 is 1. The third kappa shape index (κ3) is 5.41. The molecule has 3 aromatic rings. The molecule has 4 N–H and O–H groups in total. The van der Waals surface area contributed by atoms with E-state index in [-0.39, 0.29) is 16.9 Å². The van der Waals surface area contributed by atoms with E-state index in [1.54, 1.807) is 49.6 Å². The van der Waals surface area contributed by atoms with Gasteiger partial charge in [-0.25, -0.2) is 0 Å². The molecule has 0 spiro atoms. The summed E-state index contributed by atoms with van der Waals surface area (Å²) in [5.41, 5.74) is 5.89. The standard InChI is InChI=1S/C22H19ClN4O4S2/c1-31-14-8-9-15-16(10-14)33-18(17(15)23)21(30)25-22(32)27-26-20(29)12-4-6-13(7-5-12)24-19(28)11-2-3-11/h4-11H,2-3H2,1H3,(H,24,28)(H,26,29)(H2,25,27,30,32). The fourth-order valence-corrected chi connectivity index (χ4v) is 4.57. The number of hydrogen-bond acceptors (Lipinski definition) is 6. The van der Waals surface area contributed by atoms with Gasteiger partial charge in [-0.3, -0.25) is 30.6 Å². The first kappa shape index (κ1) is 23.0. The minimum absolute atomic E-state index is 0.00663. The second-order valence-electron chi connectivity index (χ2n) is 7.31. The monoisotopic (exact) mass is 502 g/mol. The van der Waals surface area contributed by atoms with Crippen LogP contribution in [0.1, 0.15) is 32.9 Å². The van der Waals surface area contributed by atoms with Crippen LogP contribution >= 0.6 is 35.2 Å². The van der Waals surface area contributed by atoms with Crippen molar-refractivity contribution in [3.8, 4) is 5.75 Å². The summed E-state index contributed by atoms with van der Waals surface area (Å²) in [6, 6.07) is 11.8. The number of rotatable bonds is 5. The molecule has 0 aliphatic heterocycles. The van der Waals surface area contributed by atoms with Gasteiger partial charge in [-0.05, 0) is 67.5 Å². The highest BCUT2D eigenvalue weighted by atomic mass is 35.5. The molecule has 1 aliphatic carbocycles. The van der Waals surface area contributed by atoms with Crippen molar-refractivity contribution >= 4 is 73.8 Å². The number of amides is 3. The summed E-state index contributed by atoms with van der Waals surface area (Å²) in [4.78, 5) is 37.0. The number of nitrogens with one attached hydrogen (secondary N) is 4. The van der Waals surface area contributed by atoms with E-state index in [1.807, 2.05) is 0 Å². The Kier molecular flexibility index (Phi) is 6.77. The number of thiophene rings is 1. The number of carbonyl (C=O) groups is 3. The normalized spacial score (nSPS) is 12.7. The predicted molar refractivity (Wildman–Crippen MR) is 132 cm³/mol. The lowest BCUT2D eigenvalue weighted by molar-refractivity contribution is -0.117. The number of thiocarbonyl (C=S) groups is 1. The van der Waals surface area contributed by atoms with Gasteiger partial charge < -0.3 is 10.1 Å². The Bertz CT molecular complexity index is 1260. The second kappa shape index (κ2) is 9.74. The third-order valence-corrected chi connectivity index (χ3v) is 6.78. The summed E-state index contributed by atoms with van der Waals surface area (Å²) < 4.78 is 6.00.